The van der Waals surface area contributed by atoms with Crippen molar-refractivity contribution in [2.45, 2.75) is 56.4 Å². The molecule has 0 aromatic carbocycles. The first-order chi connectivity index (χ1) is 8.70. The molecule has 2 saturated heterocycles. The number of ether oxygens (including phenoxy) is 2. The second-order valence-electron chi connectivity index (χ2n) is 6.51. The Morgan fingerprint density at radius 3 is 2.50 bits per heavy atom. The van der Waals surface area contributed by atoms with Crippen LogP contribution in [0.2, 0.25) is 0 Å². The van der Waals surface area contributed by atoms with Gasteiger partial charge in [-0.2, -0.15) is 0 Å². The summed E-state index contributed by atoms with van der Waals surface area (Å²) < 4.78 is 11.6. The van der Waals surface area contributed by atoms with Gasteiger partial charge in [-0.3, -0.25) is 0 Å². The highest BCUT2D eigenvalue weighted by Gasteiger charge is 2.44. The van der Waals surface area contributed by atoms with Gasteiger partial charge in [0.25, 0.3) is 0 Å². The molecule has 2 heterocycles. The van der Waals surface area contributed by atoms with E-state index in [2.05, 4.69) is 6.92 Å². The van der Waals surface area contributed by atoms with Crippen molar-refractivity contribution in [3.63, 3.8) is 0 Å². The van der Waals surface area contributed by atoms with Crippen LogP contribution in [0.3, 0.4) is 0 Å². The van der Waals surface area contributed by atoms with Gasteiger partial charge in [-0.1, -0.05) is 6.92 Å². The van der Waals surface area contributed by atoms with Gasteiger partial charge in [0, 0.05) is 25.2 Å². The lowest BCUT2D eigenvalue weighted by atomic mass is 9.72. The van der Waals surface area contributed by atoms with Crippen molar-refractivity contribution in [2.24, 2.45) is 17.8 Å². The molecule has 18 heavy (non-hydrogen) atoms. The van der Waals surface area contributed by atoms with E-state index in [1.54, 1.807) is 0 Å². The van der Waals surface area contributed by atoms with Gasteiger partial charge in [-0.25, -0.2) is 0 Å². The summed E-state index contributed by atoms with van der Waals surface area (Å²) in [6.07, 6.45) is 7.20. The zero-order chi connectivity index (χ0) is 12.6. The van der Waals surface area contributed by atoms with Gasteiger partial charge >= 0.3 is 0 Å². The number of halogens is 1. The first-order valence-corrected chi connectivity index (χ1v) is 8.00. The SMILES string of the molecule is CC1C(Cl)CCC1C1CCOC2(CCOCC2)C1. The van der Waals surface area contributed by atoms with Gasteiger partial charge in [0.1, 0.15) is 0 Å². The Hall–Kier alpha value is 0.210. The number of rotatable bonds is 1. The van der Waals surface area contributed by atoms with Crippen LogP contribution in [0.1, 0.15) is 45.4 Å². The van der Waals surface area contributed by atoms with Crippen molar-refractivity contribution in [1.29, 1.82) is 0 Å². The van der Waals surface area contributed by atoms with E-state index in [1.807, 2.05) is 0 Å². The van der Waals surface area contributed by atoms with Crippen LogP contribution in [0.25, 0.3) is 0 Å². The summed E-state index contributed by atoms with van der Waals surface area (Å²) >= 11 is 6.40. The smallest absolute Gasteiger partial charge is 0.0729 e. The predicted octanol–water partition coefficient (Wildman–Crippen LogP) is 3.62. The molecule has 0 aromatic rings. The molecule has 104 valence electrons. The summed E-state index contributed by atoms with van der Waals surface area (Å²) in [5.41, 5.74) is 0.144. The largest absolute Gasteiger partial charge is 0.381 e. The van der Waals surface area contributed by atoms with E-state index in [4.69, 9.17) is 21.1 Å². The van der Waals surface area contributed by atoms with E-state index in [1.165, 1.54) is 25.7 Å². The lowest BCUT2D eigenvalue weighted by Crippen LogP contribution is -2.46. The number of hydrogen-bond donors (Lipinski definition) is 0. The normalized spacial score (nSPS) is 44.3. The van der Waals surface area contributed by atoms with Gasteiger partial charge in [-0.05, 0) is 56.3 Å². The maximum atomic E-state index is 6.40. The summed E-state index contributed by atoms with van der Waals surface area (Å²) in [4.78, 5) is 0. The second kappa shape index (κ2) is 5.30. The molecule has 0 aromatic heterocycles. The van der Waals surface area contributed by atoms with Crippen LogP contribution in [0.15, 0.2) is 0 Å². The highest BCUT2D eigenvalue weighted by Crippen LogP contribution is 2.47. The fourth-order valence-electron chi connectivity index (χ4n) is 4.33. The summed E-state index contributed by atoms with van der Waals surface area (Å²) in [5.74, 6) is 2.35. The second-order valence-corrected chi connectivity index (χ2v) is 7.07. The number of alkyl halides is 1. The standard InChI is InChI=1S/C15H25ClO2/c1-11-13(2-3-14(11)16)12-4-7-18-15(10-12)5-8-17-9-6-15/h11-14H,2-10H2,1H3. The van der Waals surface area contributed by atoms with E-state index in [-0.39, 0.29) is 5.60 Å². The molecule has 3 fully saturated rings. The van der Waals surface area contributed by atoms with Gasteiger partial charge < -0.3 is 9.47 Å². The first kappa shape index (κ1) is 13.2. The Morgan fingerprint density at radius 2 is 1.83 bits per heavy atom. The fraction of sp³-hybridized carbons (Fsp3) is 1.00. The molecule has 2 nitrogen and oxygen atoms in total. The molecule has 3 heteroatoms. The van der Waals surface area contributed by atoms with E-state index >= 15 is 0 Å². The minimum Gasteiger partial charge on any atom is -0.381 e. The van der Waals surface area contributed by atoms with Gasteiger partial charge in [0.2, 0.25) is 0 Å². The molecule has 4 atom stereocenters. The quantitative estimate of drug-likeness (QED) is 0.679. The molecule has 0 radical (unpaired) electrons. The maximum Gasteiger partial charge on any atom is 0.0729 e. The van der Waals surface area contributed by atoms with Crippen LogP contribution in [-0.2, 0) is 9.47 Å². The minimum absolute atomic E-state index is 0.144. The van der Waals surface area contributed by atoms with E-state index in [9.17, 15) is 0 Å². The van der Waals surface area contributed by atoms with Crippen molar-refractivity contribution in [3.05, 3.63) is 0 Å². The predicted molar refractivity (Wildman–Crippen MR) is 73.0 cm³/mol. The monoisotopic (exact) mass is 272 g/mol. The molecule has 1 spiro atoms. The Morgan fingerprint density at radius 1 is 1.06 bits per heavy atom. The van der Waals surface area contributed by atoms with Crippen LogP contribution in [0.4, 0.5) is 0 Å². The van der Waals surface area contributed by atoms with Gasteiger partial charge in [0.15, 0.2) is 0 Å². The summed E-state index contributed by atoms with van der Waals surface area (Å²) in [5, 5.41) is 0.406. The third-order valence-electron chi connectivity index (χ3n) is 5.56. The van der Waals surface area contributed by atoms with Crippen LogP contribution in [0.5, 0.6) is 0 Å². The molecule has 1 saturated carbocycles. The molecule has 0 N–H and O–H groups in total. The number of hydrogen-bond acceptors (Lipinski definition) is 2. The average Bonchev–Trinajstić information content (AvgIpc) is 2.71. The van der Waals surface area contributed by atoms with E-state index in [0.29, 0.717) is 11.3 Å². The third kappa shape index (κ3) is 2.44. The topological polar surface area (TPSA) is 18.5 Å². The van der Waals surface area contributed by atoms with Crippen LogP contribution < -0.4 is 0 Å². The van der Waals surface area contributed by atoms with Crippen molar-refractivity contribution >= 4 is 11.6 Å². The van der Waals surface area contributed by atoms with Crippen molar-refractivity contribution in [2.75, 3.05) is 19.8 Å². The zero-order valence-corrected chi connectivity index (χ0v) is 12.1. The Balaban J connectivity index is 1.66. The van der Waals surface area contributed by atoms with Gasteiger partial charge in [-0.15, -0.1) is 11.6 Å². The van der Waals surface area contributed by atoms with E-state index < -0.39 is 0 Å². The third-order valence-corrected chi connectivity index (χ3v) is 6.18. The maximum absolute atomic E-state index is 6.40. The Bertz CT molecular complexity index is 283. The highest BCUT2D eigenvalue weighted by atomic mass is 35.5. The summed E-state index contributed by atoms with van der Waals surface area (Å²) in [7, 11) is 0. The summed E-state index contributed by atoms with van der Waals surface area (Å²) in [6.45, 7) is 5.05. The fourth-order valence-corrected chi connectivity index (χ4v) is 4.65. The zero-order valence-electron chi connectivity index (χ0n) is 11.4. The van der Waals surface area contributed by atoms with E-state index in [0.717, 1.165) is 44.5 Å². The molecule has 4 unspecified atom stereocenters. The Kier molecular flexibility index (Phi) is 3.89. The lowest BCUT2D eigenvalue weighted by molar-refractivity contribution is -0.153. The molecule has 3 rings (SSSR count). The molecule has 0 amide bonds. The van der Waals surface area contributed by atoms with Crippen LogP contribution >= 0.6 is 11.6 Å². The van der Waals surface area contributed by atoms with Crippen molar-refractivity contribution < 1.29 is 9.47 Å². The van der Waals surface area contributed by atoms with Crippen LogP contribution in [0, 0.1) is 17.8 Å². The van der Waals surface area contributed by atoms with Gasteiger partial charge in [0.05, 0.1) is 5.60 Å². The molecule has 3 aliphatic rings. The molecule has 2 aliphatic heterocycles. The van der Waals surface area contributed by atoms with Crippen molar-refractivity contribution in [1.82, 2.24) is 0 Å². The molecular formula is C15H25ClO2. The first-order valence-electron chi connectivity index (χ1n) is 7.56. The molecule has 0 bridgehead atoms. The summed E-state index contributed by atoms with van der Waals surface area (Å²) in [6, 6.07) is 0. The average molecular weight is 273 g/mol. The molecular weight excluding hydrogens is 248 g/mol. The highest BCUT2D eigenvalue weighted by molar-refractivity contribution is 6.20. The lowest BCUT2D eigenvalue weighted by Gasteiger charge is -2.45. The van der Waals surface area contributed by atoms with Crippen molar-refractivity contribution in [3.8, 4) is 0 Å². The molecule has 1 aliphatic carbocycles. The Labute approximate surface area is 115 Å². The van der Waals surface area contributed by atoms with Crippen LogP contribution in [-0.4, -0.2) is 30.8 Å². The minimum atomic E-state index is 0.144.